The van der Waals surface area contributed by atoms with Crippen molar-refractivity contribution in [1.82, 2.24) is 0 Å². The summed E-state index contributed by atoms with van der Waals surface area (Å²) >= 11 is 0. The van der Waals surface area contributed by atoms with Crippen molar-refractivity contribution in [3.8, 4) is 0 Å². The normalized spacial score (nSPS) is 9.67. The van der Waals surface area contributed by atoms with Crippen LogP contribution in [0.15, 0.2) is 0 Å². The van der Waals surface area contributed by atoms with Crippen molar-refractivity contribution in [3.05, 3.63) is 0 Å². The average molecular weight is 113 g/mol. The number of hydrogen-bond acceptors (Lipinski definition) is 5. The van der Waals surface area contributed by atoms with E-state index in [9.17, 15) is 0 Å². The fourth-order valence-electron chi connectivity index (χ4n) is 0. The molecule has 0 aromatic carbocycles. The number of rotatable bonds is 0. The van der Waals surface area contributed by atoms with Crippen molar-refractivity contribution in [2.45, 2.75) is 0 Å². The van der Waals surface area contributed by atoms with Crippen LogP contribution in [0.3, 0.4) is 0 Å². The lowest BCUT2D eigenvalue weighted by Gasteiger charge is -2.06. The first-order valence-electron chi connectivity index (χ1n) is 0.667. The van der Waals surface area contributed by atoms with Crippen LogP contribution in [0.2, 0.25) is 0 Å². The van der Waals surface area contributed by atoms with Crippen molar-refractivity contribution < 1.29 is 23.0 Å². The van der Waals surface area contributed by atoms with Gasteiger partial charge in [-0.3, -0.25) is 8.42 Å². The lowest BCUT2D eigenvalue weighted by molar-refractivity contribution is 0.352. The highest BCUT2D eigenvalue weighted by atomic mass is 32.3. The molecule has 0 saturated carbocycles. The first-order valence-corrected chi connectivity index (χ1v) is 2.00. The summed E-state index contributed by atoms with van der Waals surface area (Å²) in [7, 11) is -5.17. The summed E-state index contributed by atoms with van der Waals surface area (Å²) in [4.78, 5) is 0. The Bertz CT molecular complexity index is 87.1. The quantitative estimate of drug-likeness (QED) is 0.280. The monoisotopic (exact) mass is 113 g/mol. The molecule has 0 aliphatic heterocycles. The van der Waals surface area contributed by atoms with Gasteiger partial charge in [0.1, 0.15) is 0 Å². The zero-order valence-electron chi connectivity index (χ0n) is 2.49. The molecule has 0 saturated heterocycles. The minimum Gasteiger partial charge on any atom is -0.870 e. The van der Waals surface area contributed by atoms with Crippen LogP contribution in [0, 0.1) is 0 Å². The van der Waals surface area contributed by atoms with Crippen LogP contribution in [-0.4, -0.2) is 23.0 Å². The lowest BCUT2D eigenvalue weighted by Crippen LogP contribution is -1.91. The van der Waals surface area contributed by atoms with E-state index in [0.29, 0.717) is 0 Å². The van der Waals surface area contributed by atoms with Gasteiger partial charge < -0.3 is 14.6 Å². The maximum atomic E-state index is 8.52. The molecule has 0 aromatic rings. The molecule has 6 heavy (non-hydrogen) atoms. The minimum atomic E-state index is -5.17. The second-order valence-corrected chi connectivity index (χ2v) is 1.22. The van der Waals surface area contributed by atoms with Gasteiger partial charge in [-0.05, 0) is 0 Å². The standard InChI is InChI=1S/H2O4S.H2O/c1-5(2,3)4;/h(H2,1,2,3,4);1H2/p-3. The van der Waals surface area contributed by atoms with Gasteiger partial charge in [0.05, 0.1) is 0 Å². The molecule has 0 aliphatic rings. The molecule has 6 heteroatoms. The van der Waals surface area contributed by atoms with Gasteiger partial charge in [-0.25, -0.2) is 0 Å². The molecule has 1 N–H and O–H groups in total. The van der Waals surface area contributed by atoms with Crippen LogP contribution in [0.1, 0.15) is 0 Å². The van der Waals surface area contributed by atoms with E-state index in [4.69, 9.17) is 17.5 Å². The van der Waals surface area contributed by atoms with E-state index >= 15 is 0 Å². The molecule has 0 amide bonds. The van der Waals surface area contributed by atoms with E-state index in [1.54, 1.807) is 0 Å². The summed E-state index contributed by atoms with van der Waals surface area (Å²) in [5, 5.41) is 0. The second-order valence-electron chi connectivity index (χ2n) is 0.408. The summed E-state index contributed by atoms with van der Waals surface area (Å²) in [6, 6.07) is 0. The Balaban J connectivity index is 0. The molecular formula is HO5S-3. The summed E-state index contributed by atoms with van der Waals surface area (Å²) in [5.41, 5.74) is 0. The third-order valence-electron chi connectivity index (χ3n) is 0. The Kier molecular flexibility index (Phi) is 3.22. The largest absolute Gasteiger partial charge is 0.870 e. The van der Waals surface area contributed by atoms with Gasteiger partial charge in [-0.2, -0.15) is 0 Å². The molecule has 40 valence electrons. The highest BCUT2D eigenvalue weighted by Crippen LogP contribution is 1.57. The smallest absolute Gasteiger partial charge is 0.0311 e. The Morgan fingerprint density at radius 2 is 1.17 bits per heavy atom. The predicted molar refractivity (Wildman–Crippen MR) is 12.4 cm³/mol. The molecule has 0 aromatic heterocycles. The van der Waals surface area contributed by atoms with Crippen LogP contribution in [0.5, 0.6) is 0 Å². The van der Waals surface area contributed by atoms with E-state index in [1.165, 1.54) is 0 Å². The van der Waals surface area contributed by atoms with Crippen LogP contribution in [0.25, 0.3) is 0 Å². The van der Waals surface area contributed by atoms with Crippen molar-refractivity contribution in [3.63, 3.8) is 0 Å². The molecule has 0 heterocycles. The Morgan fingerprint density at radius 3 is 1.17 bits per heavy atom. The maximum absolute atomic E-state index is 8.52. The zero-order valence-corrected chi connectivity index (χ0v) is 3.30. The molecule has 0 unspecified atom stereocenters. The Labute approximate surface area is 34.5 Å². The first kappa shape index (κ1) is 9.27. The molecule has 0 rings (SSSR count). The van der Waals surface area contributed by atoms with E-state index in [-0.39, 0.29) is 5.48 Å². The first-order chi connectivity index (χ1) is 2.00. The molecular weight excluding hydrogens is 112 g/mol. The van der Waals surface area contributed by atoms with Crippen molar-refractivity contribution in [2.75, 3.05) is 0 Å². The molecule has 0 spiro atoms. The van der Waals surface area contributed by atoms with Crippen LogP contribution in [-0.2, 0) is 10.4 Å². The van der Waals surface area contributed by atoms with Gasteiger partial charge >= 0.3 is 0 Å². The Morgan fingerprint density at radius 1 is 1.17 bits per heavy atom. The SMILES string of the molecule is O=S(=O)([O-])[O-].[OH-]. The predicted octanol–water partition coefficient (Wildman–Crippen LogP) is -1.51. The second kappa shape index (κ2) is 2.08. The third-order valence-corrected chi connectivity index (χ3v) is 0. The highest BCUT2D eigenvalue weighted by Gasteiger charge is 1.49. The summed E-state index contributed by atoms with van der Waals surface area (Å²) in [5.74, 6) is 0. The van der Waals surface area contributed by atoms with E-state index < -0.39 is 10.4 Å². The average Bonchev–Trinajstić information content (AvgIpc) is 0.722. The van der Waals surface area contributed by atoms with Gasteiger partial charge in [-0.1, -0.05) is 0 Å². The van der Waals surface area contributed by atoms with E-state index in [1.807, 2.05) is 0 Å². The fourth-order valence-corrected chi connectivity index (χ4v) is 0. The van der Waals surface area contributed by atoms with Crippen LogP contribution in [0.4, 0.5) is 0 Å². The third kappa shape index (κ3) is 1060. The van der Waals surface area contributed by atoms with Gasteiger partial charge in [0.2, 0.25) is 0 Å². The maximum Gasteiger partial charge on any atom is 0.0311 e. The summed E-state index contributed by atoms with van der Waals surface area (Å²) < 4.78 is 34.1. The van der Waals surface area contributed by atoms with Crippen LogP contribution >= 0.6 is 0 Å². The van der Waals surface area contributed by atoms with E-state index in [0.717, 1.165) is 0 Å². The summed E-state index contributed by atoms with van der Waals surface area (Å²) in [6.45, 7) is 0. The highest BCUT2D eigenvalue weighted by molar-refractivity contribution is 7.79. The molecule has 0 bridgehead atoms. The zero-order chi connectivity index (χ0) is 4.50. The molecule has 0 fully saturated rings. The van der Waals surface area contributed by atoms with Gasteiger partial charge in [0.15, 0.2) is 0 Å². The summed E-state index contributed by atoms with van der Waals surface area (Å²) in [6.07, 6.45) is 0. The van der Waals surface area contributed by atoms with Crippen molar-refractivity contribution in [2.24, 2.45) is 0 Å². The van der Waals surface area contributed by atoms with Crippen molar-refractivity contribution >= 4 is 10.4 Å². The van der Waals surface area contributed by atoms with Crippen molar-refractivity contribution in [1.29, 1.82) is 0 Å². The molecule has 0 aliphatic carbocycles. The molecule has 5 nitrogen and oxygen atoms in total. The van der Waals surface area contributed by atoms with Gasteiger partial charge in [0.25, 0.3) is 0 Å². The Hall–Kier alpha value is -0.170. The topological polar surface area (TPSA) is 110 Å². The van der Waals surface area contributed by atoms with Crippen LogP contribution < -0.4 is 0 Å². The molecule has 0 radical (unpaired) electrons. The van der Waals surface area contributed by atoms with E-state index in [2.05, 4.69) is 0 Å². The lowest BCUT2D eigenvalue weighted by atomic mass is 15.8. The molecule has 0 atom stereocenters. The number of hydrogen-bond donors (Lipinski definition) is 0. The fraction of sp³-hybridized carbons (Fsp3) is 0. The minimum absolute atomic E-state index is 0. The van der Waals surface area contributed by atoms with Gasteiger partial charge in [-0.15, -0.1) is 0 Å². The van der Waals surface area contributed by atoms with Gasteiger partial charge in [0, 0.05) is 10.4 Å².